The zero-order valence-corrected chi connectivity index (χ0v) is 14.6. The third kappa shape index (κ3) is 4.86. The van der Waals surface area contributed by atoms with Crippen molar-refractivity contribution in [2.45, 2.75) is 32.0 Å². The van der Waals surface area contributed by atoms with E-state index in [4.69, 9.17) is 14.0 Å². The summed E-state index contributed by atoms with van der Waals surface area (Å²) in [5.41, 5.74) is 1.07. The minimum Gasteiger partial charge on any atom is -0.377 e. The highest BCUT2D eigenvalue weighted by Crippen LogP contribution is 2.13. The maximum Gasteiger partial charge on any atom is 0.229 e. The number of hydrogen-bond acceptors (Lipinski definition) is 7. The van der Waals surface area contributed by atoms with E-state index >= 15 is 0 Å². The largest absolute Gasteiger partial charge is 0.377 e. The van der Waals surface area contributed by atoms with Crippen LogP contribution < -0.4 is 0 Å². The number of ether oxygens (including phenoxy) is 2. The number of carbonyl (C=O) groups excluding carboxylic acids is 1. The Labute approximate surface area is 145 Å². The van der Waals surface area contributed by atoms with Gasteiger partial charge < -0.3 is 18.9 Å². The zero-order valence-electron chi connectivity index (χ0n) is 14.6. The van der Waals surface area contributed by atoms with Gasteiger partial charge in [-0.3, -0.25) is 9.48 Å². The van der Waals surface area contributed by atoms with Crippen molar-refractivity contribution in [3.8, 4) is 0 Å². The van der Waals surface area contributed by atoms with Gasteiger partial charge in [-0.05, 0) is 12.0 Å². The molecular formula is C16H23N5O4. The van der Waals surface area contributed by atoms with E-state index in [1.54, 1.807) is 18.0 Å². The first-order chi connectivity index (χ1) is 12.1. The van der Waals surface area contributed by atoms with E-state index in [2.05, 4.69) is 15.2 Å². The maximum absolute atomic E-state index is 12.4. The molecule has 1 aliphatic heterocycles. The second-order valence-corrected chi connectivity index (χ2v) is 6.10. The average Bonchev–Trinajstić information content (AvgIpc) is 3.22. The minimum absolute atomic E-state index is 0.128. The van der Waals surface area contributed by atoms with Crippen molar-refractivity contribution in [2.24, 2.45) is 7.05 Å². The first-order valence-electron chi connectivity index (χ1n) is 8.31. The van der Waals surface area contributed by atoms with Crippen LogP contribution in [0, 0.1) is 0 Å². The number of methoxy groups -OCH3 is 1. The topological polar surface area (TPSA) is 95.5 Å². The van der Waals surface area contributed by atoms with E-state index in [0.29, 0.717) is 57.3 Å². The van der Waals surface area contributed by atoms with Crippen LogP contribution >= 0.6 is 0 Å². The van der Waals surface area contributed by atoms with Gasteiger partial charge in [-0.15, -0.1) is 0 Å². The molecule has 1 saturated heterocycles. The number of amides is 1. The lowest BCUT2D eigenvalue weighted by Gasteiger charge is -2.32. The number of aromatic nitrogens is 4. The first kappa shape index (κ1) is 17.6. The van der Waals surface area contributed by atoms with Gasteiger partial charge in [0.2, 0.25) is 11.8 Å². The van der Waals surface area contributed by atoms with Gasteiger partial charge in [0.1, 0.15) is 6.61 Å². The Morgan fingerprint density at radius 2 is 2.36 bits per heavy atom. The van der Waals surface area contributed by atoms with Crippen molar-refractivity contribution < 1.29 is 18.8 Å². The molecule has 0 aromatic carbocycles. The highest BCUT2D eigenvalue weighted by atomic mass is 16.5. The van der Waals surface area contributed by atoms with E-state index < -0.39 is 0 Å². The molecule has 0 bridgehead atoms. The van der Waals surface area contributed by atoms with Crippen molar-refractivity contribution in [2.75, 3.05) is 26.8 Å². The van der Waals surface area contributed by atoms with Crippen LogP contribution in [-0.4, -0.2) is 63.6 Å². The van der Waals surface area contributed by atoms with Crippen LogP contribution in [0.4, 0.5) is 0 Å². The van der Waals surface area contributed by atoms with Crippen LogP contribution in [0.3, 0.4) is 0 Å². The molecule has 9 heteroatoms. The Balaban J connectivity index is 1.48. The van der Waals surface area contributed by atoms with E-state index in [9.17, 15) is 4.79 Å². The standard InChI is InChI=1S/C16H23N5O4/c1-20-9-12(8-17-20)3-4-16(22)21-5-6-24-13(10-21)7-15-18-14(11-23-2)19-25-15/h8-9,13H,3-7,10-11H2,1-2H3/t13-/m1/s1. The highest BCUT2D eigenvalue weighted by molar-refractivity contribution is 5.76. The average molecular weight is 349 g/mol. The molecule has 0 N–H and O–H groups in total. The van der Waals surface area contributed by atoms with Crippen molar-refractivity contribution in [1.82, 2.24) is 24.8 Å². The van der Waals surface area contributed by atoms with Gasteiger partial charge in [-0.25, -0.2) is 0 Å². The summed E-state index contributed by atoms with van der Waals surface area (Å²) in [6.45, 7) is 1.98. The van der Waals surface area contributed by atoms with Crippen LogP contribution in [0.1, 0.15) is 23.7 Å². The Bertz CT molecular complexity index is 698. The number of morpholine rings is 1. The Hall–Kier alpha value is -2.26. The summed E-state index contributed by atoms with van der Waals surface area (Å²) in [5, 5.41) is 7.96. The Kier molecular flexibility index (Phi) is 5.77. The van der Waals surface area contributed by atoms with Crippen LogP contribution in [0.25, 0.3) is 0 Å². The molecule has 25 heavy (non-hydrogen) atoms. The monoisotopic (exact) mass is 349 g/mol. The second-order valence-electron chi connectivity index (χ2n) is 6.10. The zero-order chi connectivity index (χ0) is 17.6. The lowest BCUT2D eigenvalue weighted by Crippen LogP contribution is -2.46. The molecule has 3 heterocycles. The molecule has 0 aliphatic carbocycles. The van der Waals surface area contributed by atoms with Gasteiger partial charge in [0.15, 0.2) is 5.82 Å². The summed E-state index contributed by atoms with van der Waals surface area (Å²) in [5.74, 6) is 1.14. The first-order valence-corrected chi connectivity index (χ1v) is 8.31. The SMILES string of the molecule is COCc1noc(C[C@@H]2CN(C(=O)CCc3cnn(C)c3)CCO2)n1. The summed E-state index contributed by atoms with van der Waals surface area (Å²) in [7, 11) is 3.45. The van der Waals surface area contributed by atoms with Crippen molar-refractivity contribution >= 4 is 5.91 Å². The van der Waals surface area contributed by atoms with Crippen molar-refractivity contribution in [3.63, 3.8) is 0 Å². The van der Waals surface area contributed by atoms with Gasteiger partial charge in [0, 0.05) is 39.9 Å². The molecule has 136 valence electrons. The summed E-state index contributed by atoms with van der Waals surface area (Å²) >= 11 is 0. The van der Waals surface area contributed by atoms with Crippen molar-refractivity contribution in [1.29, 1.82) is 0 Å². The Morgan fingerprint density at radius 1 is 1.48 bits per heavy atom. The highest BCUT2D eigenvalue weighted by Gasteiger charge is 2.26. The smallest absolute Gasteiger partial charge is 0.229 e. The van der Waals surface area contributed by atoms with Gasteiger partial charge in [-0.2, -0.15) is 10.1 Å². The Morgan fingerprint density at radius 3 is 3.12 bits per heavy atom. The number of rotatable bonds is 7. The molecule has 3 rings (SSSR count). The molecule has 1 aliphatic rings. The van der Waals surface area contributed by atoms with Gasteiger partial charge in [-0.1, -0.05) is 5.16 Å². The van der Waals surface area contributed by atoms with E-state index in [1.807, 2.05) is 18.1 Å². The van der Waals surface area contributed by atoms with E-state index in [1.165, 1.54) is 0 Å². The van der Waals surface area contributed by atoms with Crippen LogP contribution in [0.5, 0.6) is 0 Å². The predicted molar refractivity (Wildman–Crippen MR) is 86.6 cm³/mol. The van der Waals surface area contributed by atoms with Crippen LogP contribution in [0.15, 0.2) is 16.9 Å². The fraction of sp³-hybridized carbons (Fsp3) is 0.625. The summed E-state index contributed by atoms with van der Waals surface area (Å²) in [6, 6.07) is 0. The molecule has 0 spiro atoms. The normalized spacial score (nSPS) is 17.8. The number of nitrogens with zero attached hydrogens (tertiary/aromatic N) is 5. The number of carbonyl (C=O) groups is 1. The fourth-order valence-corrected chi connectivity index (χ4v) is 2.84. The number of hydrogen-bond donors (Lipinski definition) is 0. The van der Waals surface area contributed by atoms with Crippen LogP contribution in [-0.2, 0) is 40.8 Å². The van der Waals surface area contributed by atoms with Gasteiger partial charge >= 0.3 is 0 Å². The molecule has 2 aromatic heterocycles. The minimum atomic E-state index is -0.132. The molecule has 1 atom stereocenters. The molecule has 1 amide bonds. The van der Waals surface area contributed by atoms with Crippen molar-refractivity contribution in [3.05, 3.63) is 29.7 Å². The van der Waals surface area contributed by atoms with Gasteiger partial charge in [0.05, 0.1) is 25.3 Å². The fourth-order valence-electron chi connectivity index (χ4n) is 2.84. The number of aryl methyl sites for hydroxylation is 2. The lowest BCUT2D eigenvalue weighted by atomic mass is 10.1. The molecule has 1 fully saturated rings. The molecule has 0 radical (unpaired) electrons. The maximum atomic E-state index is 12.4. The molecule has 9 nitrogen and oxygen atoms in total. The summed E-state index contributed by atoms with van der Waals surface area (Å²) < 4.78 is 17.6. The molecule has 0 unspecified atom stereocenters. The summed E-state index contributed by atoms with van der Waals surface area (Å²) in [6.07, 6.45) is 5.25. The third-order valence-corrected chi connectivity index (χ3v) is 4.06. The summed E-state index contributed by atoms with van der Waals surface area (Å²) in [4.78, 5) is 18.5. The van der Waals surface area contributed by atoms with Gasteiger partial charge in [0.25, 0.3) is 0 Å². The predicted octanol–water partition coefficient (Wildman–Crippen LogP) is 0.352. The molecule has 2 aromatic rings. The molecular weight excluding hydrogens is 326 g/mol. The third-order valence-electron chi connectivity index (χ3n) is 4.06. The molecule has 0 saturated carbocycles. The van der Waals surface area contributed by atoms with Crippen LogP contribution in [0.2, 0.25) is 0 Å². The second kappa shape index (κ2) is 8.21. The van der Waals surface area contributed by atoms with E-state index in [0.717, 1.165) is 5.56 Å². The lowest BCUT2D eigenvalue weighted by molar-refractivity contribution is -0.138. The van der Waals surface area contributed by atoms with E-state index in [-0.39, 0.29) is 12.0 Å². The quantitative estimate of drug-likeness (QED) is 0.712.